The van der Waals surface area contributed by atoms with Crippen molar-refractivity contribution in [3.63, 3.8) is 0 Å². The van der Waals surface area contributed by atoms with Gasteiger partial charge in [-0.3, -0.25) is 4.98 Å². The zero-order chi connectivity index (χ0) is 12.3. The number of hydrogen-bond donors (Lipinski definition) is 2. The second-order valence-electron chi connectivity index (χ2n) is 3.39. The number of nitrogens with two attached hydrogens (primary N) is 1. The van der Waals surface area contributed by atoms with Crippen molar-refractivity contribution in [3.8, 4) is 0 Å². The predicted molar refractivity (Wildman–Crippen MR) is 67.3 cm³/mol. The molecule has 1 heterocycles. The van der Waals surface area contributed by atoms with E-state index in [-0.39, 0.29) is 4.90 Å². The zero-order valence-electron chi connectivity index (χ0n) is 8.83. The summed E-state index contributed by atoms with van der Waals surface area (Å²) in [5.41, 5.74) is 2.46. The Balaban J connectivity index is 2.12. The molecule has 17 heavy (non-hydrogen) atoms. The topological polar surface area (TPSA) is 85.1 Å². The molecular formula is C10H11N3O2S2. The van der Waals surface area contributed by atoms with E-state index in [1.807, 2.05) is 0 Å². The van der Waals surface area contributed by atoms with Gasteiger partial charge in [-0.25, -0.2) is 13.6 Å². The van der Waals surface area contributed by atoms with Crippen molar-refractivity contribution >= 4 is 27.0 Å². The van der Waals surface area contributed by atoms with Gasteiger partial charge in [0.1, 0.15) is 0 Å². The van der Waals surface area contributed by atoms with Gasteiger partial charge >= 0.3 is 0 Å². The van der Waals surface area contributed by atoms with Crippen molar-refractivity contribution in [1.82, 2.24) is 4.98 Å². The first kappa shape index (κ1) is 12.0. The summed E-state index contributed by atoms with van der Waals surface area (Å²) in [6, 6.07) is 6.41. The molecule has 0 bridgehead atoms. The van der Waals surface area contributed by atoms with Gasteiger partial charge in [0.25, 0.3) is 0 Å². The van der Waals surface area contributed by atoms with Crippen molar-refractivity contribution < 1.29 is 8.42 Å². The minimum atomic E-state index is -3.65. The first-order valence-corrected chi connectivity index (χ1v) is 7.22. The third-order valence-corrected chi connectivity index (χ3v) is 3.80. The molecule has 90 valence electrons. The molecule has 0 saturated carbocycles. The van der Waals surface area contributed by atoms with E-state index in [4.69, 9.17) is 5.14 Å². The number of benzene rings is 1. The fourth-order valence-corrected chi connectivity index (χ4v) is 2.40. The van der Waals surface area contributed by atoms with Gasteiger partial charge in [0.2, 0.25) is 10.0 Å². The van der Waals surface area contributed by atoms with Crippen LogP contribution < -0.4 is 10.5 Å². The number of sulfonamides is 1. The van der Waals surface area contributed by atoms with Crippen LogP contribution in [-0.2, 0) is 16.6 Å². The van der Waals surface area contributed by atoms with E-state index in [1.165, 1.54) is 23.5 Å². The van der Waals surface area contributed by atoms with Gasteiger partial charge in [0.15, 0.2) is 0 Å². The molecule has 0 amide bonds. The number of rotatable bonds is 4. The average Bonchev–Trinajstić information content (AvgIpc) is 2.78. The minimum absolute atomic E-state index is 0.104. The summed E-state index contributed by atoms with van der Waals surface area (Å²) < 4.78 is 22.3. The first-order valence-electron chi connectivity index (χ1n) is 4.80. The van der Waals surface area contributed by atoms with E-state index in [0.717, 1.165) is 4.88 Å². The Bertz CT molecular complexity index is 594. The van der Waals surface area contributed by atoms with Gasteiger partial charge < -0.3 is 5.32 Å². The van der Waals surface area contributed by atoms with Gasteiger partial charge in [-0.05, 0) is 18.2 Å². The molecule has 0 spiro atoms. The molecule has 1 aromatic carbocycles. The lowest BCUT2D eigenvalue weighted by Crippen LogP contribution is -2.12. The van der Waals surface area contributed by atoms with E-state index in [9.17, 15) is 8.42 Å². The monoisotopic (exact) mass is 269 g/mol. The summed E-state index contributed by atoms with van der Waals surface area (Å²) in [4.78, 5) is 5.13. The maximum atomic E-state index is 11.2. The molecule has 0 aliphatic carbocycles. The Morgan fingerprint density at radius 2 is 2.24 bits per heavy atom. The molecule has 0 atom stereocenters. The number of primary sulfonamides is 1. The van der Waals surface area contributed by atoms with E-state index in [1.54, 1.807) is 23.8 Å². The molecule has 1 aromatic heterocycles. The molecule has 3 N–H and O–H groups in total. The maximum absolute atomic E-state index is 11.2. The summed E-state index contributed by atoms with van der Waals surface area (Å²) in [5.74, 6) is 0. The van der Waals surface area contributed by atoms with Gasteiger partial charge in [-0.15, -0.1) is 11.3 Å². The van der Waals surface area contributed by atoms with Crippen LogP contribution in [0.5, 0.6) is 0 Å². The molecule has 0 aliphatic heterocycles. The highest BCUT2D eigenvalue weighted by molar-refractivity contribution is 7.89. The van der Waals surface area contributed by atoms with Crippen LogP contribution in [0, 0.1) is 0 Å². The van der Waals surface area contributed by atoms with E-state index < -0.39 is 10.0 Å². The van der Waals surface area contributed by atoms with Crippen molar-refractivity contribution in [2.45, 2.75) is 11.4 Å². The van der Waals surface area contributed by atoms with Crippen molar-refractivity contribution in [3.05, 3.63) is 40.8 Å². The van der Waals surface area contributed by atoms with E-state index in [2.05, 4.69) is 10.3 Å². The fourth-order valence-electron chi connectivity index (χ4n) is 1.30. The highest BCUT2D eigenvalue weighted by Gasteiger charge is 2.07. The van der Waals surface area contributed by atoms with Crippen LogP contribution in [-0.4, -0.2) is 13.4 Å². The Labute approximate surface area is 103 Å². The van der Waals surface area contributed by atoms with E-state index in [0.29, 0.717) is 12.2 Å². The largest absolute Gasteiger partial charge is 0.380 e. The van der Waals surface area contributed by atoms with Gasteiger partial charge in [-0.2, -0.15) is 0 Å². The van der Waals surface area contributed by atoms with Crippen LogP contribution in [0.2, 0.25) is 0 Å². The first-order chi connectivity index (χ1) is 8.05. The lowest BCUT2D eigenvalue weighted by Gasteiger charge is -2.06. The molecule has 0 radical (unpaired) electrons. The summed E-state index contributed by atoms with van der Waals surface area (Å²) in [6.07, 6.45) is 1.77. The maximum Gasteiger partial charge on any atom is 0.238 e. The number of nitrogens with one attached hydrogen (secondary N) is 1. The molecule has 0 fully saturated rings. The number of thiazole rings is 1. The van der Waals surface area contributed by atoms with Crippen LogP contribution in [0.4, 0.5) is 5.69 Å². The molecule has 0 aliphatic rings. The van der Waals surface area contributed by atoms with Crippen molar-refractivity contribution in [1.29, 1.82) is 0 Å². The fraction of sp³-hybridized carbons (Fsp3) is 0.100. The molecule has 2 rings (SSSR count). The smallest absolute Gasteiger partial charge is 0.238 e. The summed E-state index contributed by atoms with van der Waals surface area (Å²) in [7, 11) is -3.65. The SMILES string of the molecule is NS(=O)(=O)c1cccc(NCc2cncs2)c1. The number of aromatic nitrogens is 1. The van der Waals surface area contributed by atoms with Crippen LogP contribution in [0.3, 0.4) is 0 Å². The quantitative estimate of drug-likeness (QED) is 0.878. The lowest BCUT2D eigenvalue weighted by molar-refractivity contribution is 0.598. The third kappa shape index (κ3) is 3.26. The Morgan fingerprint density at radius 3 is 2.88 bits per heavy atom. The Kier molecular flexibility index (Phi) is 3.41. The molecule has 7 heteroatoms. The predicted octanol–water partition coefficient (Wildman–Crippen LogP) is 1.40. The van der Waals surface area contributed by atoms with Crippen molar-refractivity contribution in [2.24, 2.45) is 5.14 Å². The Hall–Kier alpha value is -1.44. The summed E-state index contributed by atoms with van der Waals surface area (Å²) >= 11 is 1.54. The number of hydrogen-bond acceptors (Lipinski definition) is 5. The molecule has 0 unspecified atom stereocenters. The molecular weight excluding hydrogens is 258 g/mol. The normalized spacial score (nSPS) is 11.4. The van der Waals surface area contributed by atoms with Crippen LogP contribution in [0.15, 0.2) is 40.9 Å². The van der Waals surface area contributed by atoms with Crippen LogP contribution in [0.25, 0.3) is 0 Å². The summed E-state index contributed by atoms with van der Waals surface area (Å²) in [6.45, 7) is 0.610. The van der Waals surface area contributed by atoms with Gasteiger partial charge in [0, 0.05) is 16.8 Å². The highest BCUT2D eigenvalue weighted by atomic mass is 32.2. The van der Waals surface area contributed by atoms with Gasteiger partial charge in [0.05, 0.1) is 17.0 Å². The zero-order valence-corrected chi connectivity index (χ0v) is 10.5. The standard InChI is InChI=1S/C10H11N3O2S2/c11-17(14,15)10-3-1-2-8(4-10)13-6-9-5-12-7-16-9/h1-5,7,13H,6H2,(H2,11,14,15). The van der Waals surface area contributed by atoms with Gasteiger partial charge in [-0.1, -0.05) is 6.07 Å². The molecule has 0 saturated heterocycles. The Morgan fingerprint density at radius 1 is 1.41 bits per heavy atom. The van der Waals surface area contributed by atoms with Crippen LogP contribution >= 0.6 is 11.3 Å². The second kappa shape index (κ2) is 4.82. The number of anilines is 1. The lowest BCUT2D eigenvalue weighted by atomic mass is 10.3. The van der Waals surface area contributed by atoms with E-state index >= 15 is 0 Å². The number of nitrogens with zero attached hydrogens (tertiary/aromatic N) is 1. The third-order valence-electron chi connectivity index (χ3n) is 2.11. The van der Waals surface area contributed by atoms with Crippen LogP contribution in [0.1, 0.15) is 4.88 Å². The minimum Gasteiger partial charge on any atom is -0.380 e. The average molecular weight is 269 g/mol. The molecule has 5 nitrogen and oxygen atoms in total. The highest BCUT2D eigenvalue weighted by Crippen LogP contribution is 2.15. The summed E-state index contributed by atoms with van der Waals surface area (Å²) in [5, 5.41) is 8.16. The second-order valence-corrected chi connectivity index (χ2v) is 5.93. The van der Waals surface area contributed by atoms with Crippen molar-refractivity contribution in [2.75, 3.05) is 5.32 Å². The molecule has 2 aromatic rings.